The number of imidazole rings is 1. The van der Waals surface area contributed by atoms with Crippen molar-refractivity contribution >= 4 is 22.9 Å². The Morgan fingerprint density at radius 3 is 2.57 bits per heavy atom. The summed E-state index contributed by atoms with van der Waals surface area (Å²) in [6, 6.07) is 5.63. The summed E-state index contributed by atoms with van der Waals surface area (Å²) in [4.78, 5) is 29.3. The van der Waals surface area contributed by atoms with Gasteiger partial charge in [0.05, 0.1) is 32.1 Å². The van der Waals surface area contributed by atoms with Crippen LogP contribution in [0.1, 0.15) is 11.8 Å². The molecule has 1 amide bonds. The minimum Gasteiger partial charge on any atom is -0.497 e. The summed E-state index contributed by atoms with van der Waals surface area (Å²) < 4.78 is 12.7. The second kappa shape index (κ2) is 10.1. The predicted molar refractivity (Wildman–Crippen MR) is 128 cm³/mol. The number of carbonyl (C=O) groups is 1. The van der Waals surface area contributed by atoms with Gasteiger partial charge >= 0.3 is 0 Å². The Balaban J connectivity index is 1.54. The number of aliphatic hydroxyl groups excluding tert-OH is 2. The van der Waals surface area contributed by atoms with E-state index in [0.29, 0.717) is 29.2 Å². The minimum absolute atomic E-state index is 0.306. The summed E-state index contributed by atoms with van der Waals surface area (Å²) >= 11 is 0. The molecule has 0 unspecified atom stereocenters. The largest absolute Gasteiger partial charge is 0.497 e. The van der Waals surface area contributed by atoms with Gasteiger partial charge in [-0.2, -0.15) is 0 Å². The number of nitrogens with zero attached hydrogens (tertiary/aromatic N) is 6. The molecule has 4 N–H and O–H groups in total. The van der Waals surface area contributed by atoms with E-state index in [2.05, 4.69) is 15.0 Å². The molecule has 0 radical (unpaired) electrons. The third-order valence-electron chi connectivity index (χ3n) is 6.28. The molecular weight excluding hydrogens is 454 g/mol. The number of amides is 1. The van der Waals surface area contributed by atoms with E-state index in [9.17, 15) is 15.0 Å². The first-order valence-corrected chi connectivity index (χ1v) is 11.2. The van der Waals surface area contributed by atoms with Crippen molar-refractivity contribution in [1.29, 1.82) is 0 Å². The Bertz CT molecular complexity index is 1170. The molecule has 188 valence electrons. The Hall–Kier alpha value is -3.32. The number of likely N-dealkylation sites (N-methyl/N-ethyl adjacent to an activating group) is 1. The maximum atomic E-state index is 13.2. The van der Waals surface area contributed by atoms with Gasteiger partial charge in [0.2, 0.25) is 5.91 Å². The number of hydrogen-bond donors (Lipinski definition) is 3. The molecule has 12 nitrogen and oxygen atoms in total. The molecule has 4 rings (SSSR count). The van der Waals surface area contributed by atoms with Gasteiger partial charge in [0.15, 0.2) is 23.2 Å². The molecule has 2 aromatic heterocycles. The van der Waals surface area contributed by atoms with E-state index in [1.165, 1.54) is 17.6 Å². The first-order valence-electron chi connectivity index (χ1n) is 11.2. The lowest BCUT2D eigenvalue weighted by molar-refractivity contribution is -0.136. The summed E-state index contributed by atoms with van der Waals surface area (Å²) in [5, 5.41) is 21.2. The highest BCUT2D eigenvalue weighted by Crippen LogP contribution is 2.34. The fourth-order valence-corrected chi connectivity index (χ4v) is 4.45. The SMILES string of the molecule is COc1ccc(C[C@@H](N)C(=O)N(C)[C@H]2[C@H](O)[C@H](n3cnc4c(N(C)C)ncnc43)O[C@H]2CO)cc1. The van der Waals surface area contributed by atoms with Crippen LogP contribution in [0.15, 0.2) is 36.9 Å². The number of rotatable bonds is 8. The van der Waals surface area contributed by atoms with E-state index in [0.717, 1.165) is 5.56 Å². The van der Waals surface area contributed by atoms with Gasteiger partial charge in [0.25, 0.3) is 0 Å². The Morgan fingerprint density at radius 2 is 1.94 bits per heavy atom. The molecule has 35 heavy (non-hydrogen) atoms. The number of aromatic nitrogens is 4. The summed E-state index contributed by atoms with van der Waals surface area (Å²) in [5.41, 5.74) is 8.11. The van der Waals surface area contributed by atoms with Crippen LogP contribution in [0.25, 0.3) is 11.2 Å². The van der Waals surface area contributed by atoms with Crippen LogP contribution in [0.3, 0.4) is 0 Å². The van der Waals surface area contributed by atoms with E-state index in [1.807, 2.05) is 31.1 Å². The number of aliphatic hydroxyl groups is 2. The smallest absolute Gasteiger partial charge is 0.240 e. The molecular formula is C23H31N7O5. The number of carbonyl (C=O) groups excluding carboxylic acids is 1. The monoisotopic (exact) mass is 485 g/mol. The van der Waals surface area contributed by atoms with E-state index in [1.54, 1.807) is 30.9 Å². The first-order chi connectivity index (χ1) is 16.8. The van der Waals surface area contributed by atoms with Gasteiger partial charge in [0.1, 0.15) is 24.3 Å². The van der Waals surface area contributed by atoms with Crippen LogP contribution in [-0.4, -0.2) is 99.7 Å². The van der Waals surface area contributed by atoms with Crippen LogP contribution in [-0.2, 0) is 16.0 Å². The quantitative estimate of drug-likeness (QED) is 0.382. The zero-order chi connectivity index (χ0) is 25.3. The Labute approximate surface area is 202 Å². The van der Waals surface area contributed by atoms with Crippen molar-refractivity contribution in [2.45, 2.75) is 36.9 Å². The number of benzene rings is 1. The van der Waals surface area contributed by atoms with Crippen molar-refractivity contribution in [3.05, 3.63) is 42.5 Å². The van der Waals surface area contributed by atoms with Crippen molar-refractivity contribution in [1.82, 2.24) is 24.4 Å². The van der Waals surface area contributed by atoms with E-state index in [-0.39, 0.29) is 5.91 Å². The van der Waals surface area contributed by atoms with Gasteiger partial charge in [-0.3, -0.25) is 9.36 Å². The molecule has 0 saturated carbocycles. The van der Waals surface area contributed by atoms with E-state index in [4.69, 9.17) is 15.2 Å². The van der Waals surface area contributed by atoms with Gasteiger partial charge in [-0.1, -0.05) is 12.1 Å². The van der Waals surface area contributed by atoms with Crippen LogP contribution in [0.5, 0.6) is 5.75 Å². The molecule has 1 aliphatic rings. The second-order valence-corrected chi connectivity index (χ2v) is 8.75. The highest BCUT2D eigenvalue weighted by atomic mass is 16.5. The number of fused-ring (bicyclic) bond motifs is 1. The number of nitrogens with two attached hydrogens (primary N) is 1. The average Bonchev–Trinajstić information content (AvgIpc) is 3.43. The fraction of sp³-hybridized carbons (Fsp3) is 0.478. The standard InChI is InChI=1S/C23H31N7O5/c1-28(2)20-17-21(26-11-25-20)30(12-27-17)23-19(32)18(16(10-31)35-23)29(3)22(33)15(24)9-13-5-7-14(34-4)8-6-13/h5-8,11-12,15-16,18-19,23,31-32H,9-10,24H2,1-4H3/t15-,16+,18-,19+,23-/m1/s1. The van der Waals surface area contributed by atoms with Crippen molar-refractivity contribution in [3.8, 4) is 5.75 Å². The lowest BCUT2D eigenvalue weighted by Crippen LogP contribution is -2.54. The summed E-state index contributed by atoms with van der Waals surface area (Å²) in [6.45, 7) is -0.395. The van der Waals surface area contributed by atoms with Gasteiger partial charge in [-0.15, -0.1) is 0 Å². The van der Waals surface area contributed by atoms with Crippen LogP contribution < -0.4 is 15.4 Å². The van der Waals surface area contributed by atoms with Crippen LogP contribution in [0.2, 0.25) is 0 Å². The molecule has 1 aliphatic heterocycles. The summed E-state index contributed by atoms with van der Waals surface area (Å²) in [6.07, 6.45) is 0.315. The van der Waals surface area contributed by atoms with Crippen molar-refractivity contribution in [2.75, 3.05) is 39.8 Å². The van der Waals surface area contributed by atoms with Crippen LogP contribution in [0, 0.1) is 0 Å². The van der Waals surface area contributed by atoms with Crippen LogP contribution >= 0.6 is 0 Å². The van der Waals surface area contributed by atoms with Gasteiger partial charge in [-0.25, -0.2) is 15.0 Å². The molecule has 1 saturated heterocycles. The maximum Gasteiger partial charge on any atom is 0.240 e. The Kier molecular flexibility index (Phi) is 7.17. The predicted octanol–water partition coefficient (Wildman–Crippen LogP) is -0.451. The zero-order valence-electron chi connectivity index (χ0n) is 20.1. The maximum absolute atomic E-state index is 13.2. The van der Waals surface area contributed by atoms with Crippen LogP contribution in [0.4, 0.5) is 5.82 Å². The summed E-state index contributed by atoms with van der Waals surface area (Å²) in [7, 11) is 6.82. The molecule has 12 heteroatoms. The van der Waals surface area contributed by atoms with Crippen molar-refractivity contribution in [3.63, 3.8) is 0 Å². The van der Waals surface area contributed by atoms with Gasteiger partial charge < -0.3 is 35.2 Å². The third kappa shape index (κ3) is 4.65. The molecule has 3 heterocycles. The van der Waals surface area contributed by atoms with Crippen molar-refractivity contribution < 1.29 is 24.5 Å². The Morgan fingerprint density at radius 1 is 1.23 bits per heavy atom. The second-order valence-electron chi connectivity index (χ2n) is 8.75. The average molecular weight is 486 g/mol. The molecule has 3 aromatic rings. The van der Waals surface area contributed by atoms with Crippen molar-refractivity contribution in [2.24, 2.45) is 5.73 Å². The molecule has 5 atom stereocenters. The number of methoxy groups -OCH3 is 1. The zero-order valence-corrected chi connectivity index (χ0v) is 20.1. The van der Waals surface area contributed by atoms with Gasteiger partial charge in [-0.05, 0) is 24.1 Å². The highest BCUT2D eigenvalue weighted by Gasteiger charge is 2.48. The minimum atomic E-state index is -1.16. The third-order valence-corrected chi connectivity index (χ3v) is 6.28. The fourth-order valence-electron chi connectivity index (χ4n) is 4.45. The molecule has 1 fully saturated rings. The summed E-state index contributed by atoms with van der Waals surface area (Å²) in [5.74, 6) is 0.956. The molecule has 0 bridgehead atoms. The number of hydrogen-bond acceptors (Lipinski definition) is 10. The topological polar surface area (TPSA) is 152 Å². The molecule has 1 aromatic carbocycles. The highest BCUT2D eigenvalue weighted by molar-refractivity contribution is 5.83. The lowest BCUT2D eigenvalue weighted by atomic mass is 10.0. The van der Waals surface area contributed by atoms with Gasteiger partial charge in [0, 0.05) is 21.1 Å². The normalized spacial score (nSPS) is 22.8. The lowest BCUT2D eigenvalue weighted by Gasteiger charge is -2.31. The number of anilines is 1. The molecule has 0 spiro atoms. The first kappa shape index (κ1) is 24.8. The van der Waals surface area contributed by atoms with E-state index >= 15 is 0 Å². The number of ether oxygens (including phenoxy) is 2. The van der Waals surface area contributed by atoms with E-state index < -0.39 is 37.1 Å². The molecule has 0 aliphatic carbocycles.